The number of nitrogens with zero attached hydrogens (tertiary/aromatic N) is 2. The summed E-state index contributed by atoms with van der Waals surface area (Å²) < 4.78 is 22.0. The quantitative estimate of drug-likeness (QED) is 0.0563. The van der Waals surface area contributed by atoms with Gasteiger partial charge in [-0.05, 0) is 60.9 Å². The van der Waals surface area contributed by atoms with Crippen molar-refractivity contribution in [1.82, 2.24) is 36.1 Å². The molecule has 61 heavy (non-hydrogen) atoms. The number of amides is 5. The number of nitrogens with one attached hydrogen (secondary N) is 5. The molecule has 18 heteroatoms. The minimum absolute atomic E-state index is 0.0238. The number of carbonyl (C=O) groups is 6. The van der Waals surface area contributed by atoms with Crippen molar-refractivity contribution in [3.05, 3.63) is 97.6 Å². The predicted molar refractivity (Wildman–Crippen MR) is 218 cm³/mol. The molecule has 0 saturated heterocycles. The Labute approximate surface area is 349 Å². The highest BCUT2D eigenvalue weighted by Crippen LogP contribution is 2.46. The van der Waals surface area contributed by atoms with Crippen molar-refractivity contribution in [2.45, 2.75) is 83.2 Å². The Bertz CT molecular complexity index is 2530. The van der Waals surface area contributed by atoms with Gasteiger partial charge in [0.25, 0.3) is 5.56 Å². The van der Waals surface area contributed by atoms with Crippen LogP contribution in [0.5, 0.6) is 0 Å². The first-order chi connectivity index (χ1) is 29.2. The number of aryl methyl sites for hydroxylation is 1. The molecule has 4 heterocycles. The van der Waals surface area contributed by atoms with Gasteiger partial charge in [0, 0.05) is 42.0 Å². The second kappa shape index (κ2) is 17.6. The topological polar surface area (TPSA) is 253 Å². The van der Waals surface area contributed by atoms with Gasteiger partial charge < -0.3 is 46.7 Å². The number of halogens is 1. The average Bonchev–Trinajstić information content (AvgIpc) is 3.63. The van der Waals surface area contributed by atoms with E-state index in [1.165, 1.54) is 10.6 Å². The van der Waals surface area contributed by atoms with E-state index in [0.29, 0.717) is 46.3 Å². The van der Waals surface area contributed by atoms with Gasteiger partial charge in [0.1, 0.15) is 18.5 Å². The standard InChI is InChI=1S/C43H47FN8O9/c1-3-43(60)27-15-32-39-25(20-52(32)41(58)26(27)21-61-42(43)59)38-29(12-11-24-22(2)28(44)16-30(51-39)37(24)38)49-33(53)10-7-13-46-35(55)18-48-40(57)31(14-23-8-5-4-6-9-23)50-36(56)19-47-34(54)17-45/h4-6,8-9,15-16,29,31,60H,3,7,10-14,17-21,45H2,1-2H3,(H,46,55)(H,47,54)(H,48,57)(H,49,53)(H,50,56)/t29-,31+,43-/m0/s1. The van der Waals surface area contributed by atoms with E-state index in [-0.39, 0.29) is 75.5 Å². The third-order valence-corrected chi connectivity index (χ3v) is 11.6. The number of hydrogen-bond acceptors (Lipinski definition) is 11. The van der Waals surface area contributed by atoms with Gasteiger partial charge in [-0.1, -0.05) is 37.3 Å². The SMILES string of the molecule is CC[C@@]1(O)C(=O)OCc2c1cc1n(c2=O)Cc2c-1nc1cc(F)c(C)c3c1c2[C@@H](NC(=O)CCCNC(=O)CNC(=O)[C@@H](Cc1ccccc1)NC(=O)CNC(=O)CN)CC3. The zero-order valence-electron chi connectivity index (χ0n) is 33.7. The van der Waals surface area contributed by atoms with Gasteiger partial charge in [-0.15, -0.1) is 0 Å². The molecule has 8 N–H and O–H groups in total. The molecule has 0 spiro atoms. The lowest BCUT2D eigenvalue weighted by molar-refractivity contribution is -0.172. The number of carbonyl (C=O) groups excluding carboxylic acids is 6. The maximum Gasteiger partial charge on any atom is 0.343 e. The molecule has 4 aromatic rings. The molecule has 0 unspecified atom stereocenters. The number of nitrogens with two attached hydrogens (primary N) is 1. The molecule has 2 aromatic heterocycles. The van der Waals surface area contributed by atoms with Gasteiger partial charge in [0.05, 0.1) is 54.7 Å². The Morgan fingerprint density at radius 2 is 1.75 bits per heavy atom. The number of esters is 1. The molecular weight excluding hydrogens is 792 g/mol. The van der Waals surface area contributed by atoms with Crippen molar-refractivity contribution in [3.63, 3.8) is 0 Å². The molecule has 5 amide bonds. The first-order valence-electron chi connectivity index (χ1n) is 20.2. The van der Waals surface area contributed by atoms with E-state index in [0.717, 1.165) is 16.7 Å². The molecule has 1 aliphatic carbocycles. The minimum atomic E-state index is -2.02. The number of aromatic nitrogens is 2. The Morgan fingerprint density at radius 1 is 1.00 bits per heavy atom. The number of benzene rings is 2. The van der Waals surface area contributed by atoms with Gasteiger partial charge >= 0.3 is 5.97 Å². The van der Waals surface area contributed by atoms with Crippen LogP contribution in [-0.4, -0.2) is 82.4 Å². The number of cyclic esters (lactones) is 1. The van der Waals surface area contributed by atoms with Crippen molar-refractivity contribution in [2.75, 3.05) is 26.2 Å². The Morgan fingerprint density at radius 3 is 2.49 bits per heavy atom. The molecule has 3 aliphatic rings. The van der Waals surface area contributed by atoms with Crippen LogP contribution in [0.4, 0.5) is 4.39 Å². The molecule has 0 saturated carbocycles. The van der Waals surface area contributed by atoms with Crippen LogP contribution in [0, 0.1) is 12.7 Å². The number of hydrogen-bond donors (Lipinski definition) is 7. The monoisotopic (exact) mass is 838 g/mol. The van der Waals surface area contributed by atoms with Crippen molar-refractivity contribution >= 4 is 46.4 Å². The second-order valence-corrected chi connectivity index (χ2v) is 15.4. The fourth-order valence-electron chi connectivity index (χ4n) is 8.35. The number of ether oxygens (including phenoxy) is 1. The largest absolute Gasteiger partial charge is 0.458 e. The number of rotatable bonds is 15. The lowest BCUT2D eigenvalue weighted by Gasteiger charge is -2.31. The van der Waals surface area contributed by atoms with E-state index in [2.05, 4.69) is 26.6 Å². The Kier molecular flexibility index (Phi) is 12.3. The van der Waals surface area contributed by atoms with Crippen LogP contribution in [0.3, 0.4) is 0 Å². The average molecular weight is 839 g/mol. The van der Waals surface area contributed by atoms with Gasteiger partial charge in [-0.2, -0.15) is 0 Å². The number of pyridine rings is 2. The van der Waals surface area contributed by atoms with E-state index in [4.69, 9.17) is 15.5 Å². The summed E-state index contributed by atoms with van der Waals surface area (Å²) >= 11 is 0. The van der Waals surface area contributed by atoms with Crippen LogP contribution in [0.15, 0.2) is 47.3 Å². The maximum atomic E-state index is 15.3. The van der Waals surface area contributed by atoms with Crippen LogP contribution >= 0.6 is 0 Å². The molecule has 0 bridgehead atoms. The fourth-order valence-corrected chi connectivity index (χ4v) is 8.35. The van der Waals surface area contributed by atoms with Gasteiger partial charge in [-0.25, -0.2) is 14.2 Å². The molecular formula is C43H47FN8O9. The molecule has 320 valence electrons. The lowest BCUT2D eigenvalue weighted by atomic mass is 9.81. The highest BCUT2D eigenvalue weighted by molar-refractivity contribution is 5.94. The highest BCUT2D eigenvalue weighted by atomic mass is 19.1. The van der Waals surface area contributed by atoms with E-state index in [1.807, 2.05) is 6.07 Å². The third kappa shape index (κ3) is 8.45. The Balaban J connectivity index is 1.00. The maximum absolute atomic E-state index is 15.3. The van der Waals surface area contributed by atoms with Crippen molar-refractivity contribution in [1.29, 1.82) is 0 Å². The van der Waals surface area contributed by atoms with Gasteiger partial charge in [-0.3, -0.25) is 28.8 Å². The summed E-state index contributed by atoms with van der Waals surface area (Å²) in [4.78, 5) is 94.7. The second-order valence-electron chi connectivity index (χ2n) is 15.4. The molecule has 2 aliphatic heterocycles. The zero-order valence-corrected chi connectivity index (χ0v) is 33.7. The third-order valence-electron chi connectivity index (χ3n) is 11.6. The predicted octanol–water partition coefficient (Wildman–Crippen LogP) is 0.446. The zero-order chi connectivity index (χ0) is 43.6. The molecule has 17 nitrogen and oxygen atoms in total. The van der Waals surface area contributed by atoms with Crippen LogP contribution in [0.1, 0.15) is 77.6 Å². The molecule has 0 fully saturated rings. The lowest BCUT2D eigenvalue weighted by Crippen LogP contribution is -2.52. The van der Waals surface area contributed by atoms with Crippen LogP contribution < -0.4 is 37.9 Å². The first kappa shape index (κ1) is 42.6. The summed E-state index contributed by atoms with van der Waals surface area (Å²) in [6, 6.07) is 10.3. The summed E-state index contributed by atoms with van der Waals surface area (Å²) in [6.07, 6.45) is 1.31. The van der Waals surface area contributed by atoms with E-state index >= 15 is 4.39 Å². The molecule has 7 rings (SSSR count). The summed E-state index contributed by atoms with van der Waals surface area (Å²) in [5, 5.41) is 25.3. The van der Waals surface area contributed by atoms with E-state index in [1.54, 1.807) is 44.2 Å². The normalized spacial score (nSPS) is 17.6. The highest BCUT2D eigenvalue weighted by Gasteiger charge is 2.46. The first-order valence-corrected chi connectivity index (χ1v) is 20.2. The van der Waals surface area contributed by atoms with Crippen molar-refractivity contribution in [2.24, 2.45) is 5.73 Å². The number of fused-ring (bicyclic) bond motifs is 5. The van der Waals surface area contributed by atoms with Gasteiger partial charge in [0.2, 0.25) is 29.5 Å². The minimum Gasteiger partial charge on any atom is -0.458 e. The summed E-state index contributed by atoms with van der Waals surface area (Å²) in [5.74, 6) is -3.85. The summed E-state index contributed by atoms with van der Waals surface area (Å²) in [7, 11) is 0. The smallest absolute Gasteiger partial charge is 0.343 e. The van der Waals surface area contributed by atoms with Crippen molar-refractivity contribution in [3.8, 4) is 11.4 Å². The summed E-state index contributed by atoms with van der Waals surface area (Å²) in [6.45, 7) is 2.18. The van der Waals surface area contributed by atoms with Crippen LogP contribution in [0.25, 0.3) is 22.3 Å². The van der Waals surface area contributed by atoms with E-state index < -0.39 is 65.2 Å². The number of aliphatic hydroxyl groups is 1. The fraction of sp³-hybridized carbons (Fsp3) is 0.395. The summed E-state index contributed by atoms with van der Waals surface area (Å²) in [5.41, 5.74) is 7.66. The van der Waals surface area contributed by atoms with Crippen molar-refractivity contribution < 1.29 is 43.0 Å². The van der Waals surface area contributed by atoms with Crippen LogP contribution in [0.2, 0.25) is 0 Å². The molecule has 2 aromatic carbocycles. The van der Waals surface area contributed by atoms with Gasteiger partial charge in [0.15, 0.2) is 5.60 Å². The Hall–Kier alpha value is -6.53. The molecule has 0 radical (unpaired) electrons. The van der Waals surface area contributed by atoms with E-state index in [9.17, 15) is 38.7 Å². The van der Waals surface area contributed by atoms with Crippen LogP contribution in [-0.2, 0) is 65.1 Å². The molecule has 3 atom stereocenters.